The Morgan fingerprint density at radius 1 is 0.296 bits per heavy atom. The van der Waals surface area contributed by atoms with E-state index in [1.165, 1.54) is 10.9 Å². The summed E-state index contributed by atoms with van der Waals surface area (Å²) in [5.74, 6) is 1.84. The monoisotopic (exact) mass is 691 g/mol. The SMILES string of the molecule is c1ccc(-c2ccc(-c3nc(-c4ccccc4)nc(-c4ccc5oc6cc(-c7c8ccccc8cc8oc9ccccc9c78)ccc6c5c4)n3)cc2)cc1. The molecule has 5 nitrogen and oxygen atoms in total. The number of para-hydroxylation sites is 1. The molecule has 0 unspecified atom stereocenters. The van der Waals surface area contributed by atoms with Crippen LogP contribution in [0.25, 0.3) is 111 Å². The maximum atomic E-state index is 6.56. The van der Waals surface area contributed by atoms with Crippen molar-refractivity contribution in [1.82, 2.24) is 15.0 Å². The molecule has 11 aromatic rings. The fraction of sp³-hybridized carbons (Fsp3) is 0. The van der Waals surface area contributed by atoms with Gasteiger partial charge in [-0.3, -0.25) is 0 Å². The molecule has 0 saturated carbocycles. The molecule has 54 heavy (non-hydrogen) atoms. The van der Waals surface area contributed by atoms with Crippen LogP contribution in [0.1, 0.15) is 0 Å². The molecule has 3 aromatic heterocycles. The molecule has 0 aliphatic carbocycles. The number of furan rings is 2. The zero-order chi connectivity index (χ0) is 35.6. The fourth-order valence-electron chi connectivity index (χ4n) is 7.71. The summed E-state index contributed by atoms with van der Waals surface area (Å²) in [6, 6.07) is 60.4. The summed E-state index contributed by atoms with van der Waals surface area (Å²) >= 11 is 0. The molecule has 3 heterocycles. The predicted octanol–water partition coefficient (Wildman–Crippen LogP) is 13.2. The minimum Gasteiger partial charge on any atom is -0.456 e. The van der Waals surface area contributed by atoms with Gasteiger partial charge in [0.05, 0.1) is 0 Å². The Morgan fingerprint density at radius 3 is 1.61 bits per heavy atom. The Labute approximate surface area is 309 Å². The smallest absolute Gasteiger partial charge is 0.164 e. The van der Waals surface area contributed by atoms with Crippen LogP contribution in [-0.4, -0.2) is 15.0 Å². The third kappa shape index (κ3) is 4.98. The highest BCUT2D eigenvalue weighted by molar-refractivity contribution is 6.21. The van der Waals surface area contributed by atoms with Crippen LogP contribution in [0.2, 0.25) is 0 Å². The molecule has 0 radical (unpaired) electrons. The van der Waals surface area contributed by atoms with Gasteiger partial charge in [-0.25, -0.2) is 15.0 Å². The highest BCUT2D eigenvalue weighted by Gasteiger charge is 2.19. The Hall–Kier alpha value is -7.37. The fourth-order valence-corrected chi connectivity index (χ4v) is 7.71. The van der Waals surface area contributed by atoms with Gasteiger partial charge in [0, 0.05) is 43.8 Å². The predicted molar refractivity (Wildman–Crippen MR) is 219 cm³/mol. The molecule has 8 aromatic carbocycles. The summed E-state index contributed by atoms with van der Waals surface area (Å²) in [6.07, 6.45) is 0. The highest BCUT2D eigenvalue weighted by atomic mass is 16.3. The average Bonchev–Trinajstić information content (AvgIpc) is 3.80. The van der Waals surface area contributed by atoms with Gasteiger partial charge in [-0.1, -0.05) is 133 Å². The molecule has 5 heteroatoms. The third-order valence-corrected chi connectivity index (χ3v) is 10.3. The lowest BCUT2D eigenvalue weighted by atomic mass is 9.93. The maximum absolute atomic E-state index is 6.56. The molecule has 0 amide bonds. The molecule has 0 fully saturated rings. The van der Waals surface area contributed by atoms with E-state index in [-0.39, 0.29) is 0 Å². The molecular formula is C49H29N3O2. The van der Waals surface area contributed by atoms with E-state index in [4.69, 9.17) is 23.8 Å². The maximum Gasteiger partial charge on any atom is 0.164 e. The summed E-state index contributed by atoms with van der Waals surface area (Å²) in [6.45, 7) is 0. The second kappa shape index (κ2) is 12.1. The van der Waals surface area contributed by atoms with Crippen LogP contribution >= 0.6 is 0 Å². The second-order valence-electron chi connectivity index (χ2n) is 13.6. The van der Waals surface area contributed by atoms with E-state index in [1.807, 2.05) is 60.7 Å². The first-order valence-electron chi connectivity index (χ1n) is 18.0. The van der Waals surface area contributed by atoms with Gasteiger partial charge in [0.1, 0.15) is 22.3 Å². The van der Waals surface area contributed by atoms with Crippen molar-refractivity contribution in [3.8, 4) is 56.4 Å². The molecular weight excluding hydrogens is 663 g/mol. The zero-order valence-electron chi connectivity index (χ0n) is 28.9. The molecule has 0 aliphatic rings. The molecule has 0 atom stereocenters. The molecule has 11 rings (SSSR count). The Balaban J connectivity index is 1.05. The van der Waals surface area contributed by atoms with E-state index in [0.29, 0.717) is 17.5 Å². The van der Waals surface area contributed by atoms with E-state index < -0.39 is 0 Å². The first-order valence-corrected chi connectivity index (χ1v) is 18.0. The standard InChI is InChI=1S/C49H29N3O2/c1-3-11-30(12-4-1)31-19-21-33(22-20-31)48-50-47(32-13-5-2-6-14-32)51-49(52-48)36-24-26-42-40(27-36)38-25-23-35(29-43(38)53-42)45-37-16-8-7-15-34(37)28-44-46(45)39-17-9-10-18-41(39)54-44/h1-29H. The van der Waals surface area contributed by atoms with Crippen LogP contribution in [0.4, 0.5) is 0 Å². The van der Waals surface area contributed by atoms with Gasteiger partial charge in [0.15, 0.2) is 17.5 Å². The van der Waals surface area contributed by atoms with Crippen LogP contribution in [-0.2, 0) is 0 Å². The number of hydrogen-bond donors (Lipinski definition) is 0. The molecule has 252 valence electrons. The summed E-state index contributed by atoms with van der Waals surface area (Å²) in [7, 11) is 0. The van der Waals surface area contributed by atoms with Crippen LogP contribution in [0.15, 0.2) is 185 Å². The van der Waals surface area contributed by atoms with Gasteiger partial charge in [-0.05, 0) is 69.9 Å². The summed E-state index contributed by atoms with van der Waals surface area (Å²) in [5, 5.41) is 6.54. The van der Waals surface area contributed by atoms with Crippen molar-refractivity contribution in [2.24, 2.45) is 0 Å². The van der Waals surface area contributed by atoms with Crippen molar-refractivity contribution >= 4 is 54.6 Å². The Morgan fingerprint density at radius 2 is 0.833 bits per heavy atom. The lowest BCUT2D eigenvalue weighted by molar-refractivity contribution is 0.668. The molecule has 0 bridgehead atoms. The van der Waals surface area contributed by atoms with Crippen LogP contribution in [0, 0.1) is 0 Å². The van der Waals surface area contributed by atoms with Crippen molar-refractivity contribution in [2.75, 3.05) is 0 Å². The minimum atomic E-state index is 0.601. The van der Waals surface area contributed by atoms with Gasteiger partial charge in [0.25, 0.3) is 0 Å². The number of aromatic nitrogens is 3. The van der Waals surface area contributed by atoms with E-state index >= 15 is 0 Å². The Bertz CT molecular complexity index is 3200. The van der Waals surface area contributed by atoms with Gasteiger partial charge < -0.3 is 8.83 Å². The molecule has 0 spiro atoms. The van der Waals surface area contributed by atoms with E-state index in [0.717, 1.165) is 82.6 Å². The normalized spacial score (nSPS) is 11.7. The zero-order valence-corrected chi connectivity index (χ0v) is 28.9. The van der Waals surface area contributed by atoms with Gasteiger partial charge >= 0.3 is 0 Å². The first-order chi connectivity index (χ1) is 26.7. The lowest BCUT2D eigenvalue weighted by Gasteiger charge is -2.10. The molecule has 0 saturated heterocycles. The third-order valence-electron chi connectivity index (χ3n) is 10.3. The summed E-state index contributed by atoms with van der Waals surface area (Å²) in [5.41, 5.74) is 10.6. The average molecular weight is 692 g/mol. The number of benzene rings is 8. The minimum absolute atomic E-state index is 0.601. The Kier molecular flexibility index (Phi) is 6.79. The van der Waals surface area contributed by atoms with Crippen molar-refractivity contribution in [3.63, 3.8) is 0 Å². The van der Waals surface area contributed by atoms with E-state index in [2.05, 4.69) is 115 Å². The summed E-state index contributed by atoms with van der Waals surface area (Å²) in [4.78, 5) is 15.0. The number of nitrogens with zero attached hydrogens (tertiary/aromatic N) is 3. The topological polar surface area (TPSA) is 65.0 Å². The molecule has 0 aliphatic heterocycles. The van der Waals surface area contributed by atoms with E-state index in [9.17, 15) is 0 Å². The summed E-state index contributed by atoms with van der Waals surface area (Å²) < 4.78 is 12.9. The van der Waals surface area contributed by atoms with Crippen molar-refractivity contribution in [1.29, 1.82) is 0 Å². The van der Waals surface area contributed by atoms with Crippen molar-refractivity contribution in [2.45, 2.75) is 0 Å². The van der Waals surface area contributed by atoms with Crippen LogP contribution in [0.5, 0.6) is 0 Å². The lowest BCUT2D eigenvalue weighted by Crippen LogP contribution is -2.00. The molecule has 0 N–H and O–H groups in total. The van der Waals surface area contributed by atoms with Crippen LogP contribution in [0.3, 0.4) is 0 Å². The quantitative estimate of drug-likeness (QED) is 0.180. The van der Waals surface area contributed by atoms with Crippen molar-refractivity contribution < 1.29 is 8.83 Å². The van der Waals surface area contributed by atoms with Crippen molar-refractivity contribution in [3.05, 3.63) is 176 Å². The van der Waals surface area contributed by atoms with E-state index in [1.54, 1.807) is 0 Å². The van der Waals surface area contributed by atoms with Gasteiger partial charge in [-0.2, -0.15) is 0 Å². The number of hydrogen-bond acceptors (Lipinski definition) is 5. The largest absolute Gasteiger partial charge is 0.456 e. The van der Waals surface area contributed by atoms with Gasteiger partial charge in [0.2, 0.25) is 0 Å². The second-order valence-corrected chi connectivity index (χ2v) is 13.6. The van der Waals surface area contributed by atoms with Gasteiger partial charge in [-0.15, -0.1) is 0 Å². The highest BCUT2D eigenvalue weighted by Crippen LogP contribution is 2.43. The van der Waals surface area contributed by atoms with Crippen LogP contribution < -0.4 is 0 Å². The number of rotatable bonds is 5. The number of fused-ring (bicyclic) bond motifs is 7. The first kappa shape index (κ1) is 30.3.